The van der Waals surface area contributed by atoms with Gasteiger partial charge in [-0.3, -0.25) is 4.79 Å². The summed E-state index contributed by atoms with van der Waals surface area (Å²) in [5.41, 5.74) is 1.81. The Hall–Kier alpha value is -0.693. The molecule has 0 aromatic carbocycles. The van der Waals surface area contributed by atoms with Gasteiger partial charge in [0, 0.05) is 44.7 Å². The van der Waals surface area contributed by atoms with Gasteiger partial charge in [-0.15, -0.1) is 0 Å². The molecule has 0 bridgehead atoms. The third kappa shape index (κ3) is 4.20. The van der Waals surface area contributed by atoms with Crippen LogP contribution < -0.4 is 0 Å². The molecule has 0 unspecified atom stereocenters. The Morgan fingerprint density at radius 1 is 1.17 bits per heavy atom. The first kappa shape index (κ1) is 15.4. The molecule has 0 spiro atoms. The third-order valence-corrected chi connectivity index (χ3v) is 5.24. The Labute approximate surface area is 110 Å². The Morgan fingerprint density at radius 3 is 2.11 bits per heavy atom. The van der Waals surface area contributed by atoms with E-state index in [1.54, 1.807) is 11.1 Å². The largest absolute Gasteiger partial charge is 0.531 e. The molecule has 18 heavy (non-hydrogen) atoms. The van der Waals surface area contributed by atoms with E-state index in [-0.39, 0.29) is 5.91 Å². The van der Waals surface area contributed by atoms with Crippen LogP contribution in [0.2, 0.25) is 0 Å². The lowest BCUT2D eigenvalue weighted by molar-refractivity contribution is -0.125. The van der Waals surface area contributed by atoms with Gasteiger partial charge in [0.25, 0.3) is 0 Å². The SMILES string of the molecule is CCO[Si](/C=C/N1CCCC1=O)(OCC)OCC. The number of hydrogen-bond acceptors (Lipinski definition) is 4. The van der Waals surface area contributed by atoms with Gasteiger partial charge >= 0.3 is 8.80 Å². The predicted octanol–water partition coefficient (Wildman–Crippen LogP) is 1.71. The quantitative estimate of drug-likeness (QED) is 0.632. The topological polar surface area (TPSA) is 48.0 Å². The first-order valence-electron chi connectivity index (χ1n) is 6.58. The zero-order valence-electron chi connectivity index (χ0n) is 11.5. The fourth-order valence-corrected chi connectivity index (χ4v) is 3.99. The lowest BCUT2D eigenvalue weighted by Gasteiger charge is -2.25. The van der Waals surface area contributed by atoms with E-state index in [4.69, 9.17) is 13.3 Å². The van der Waals surface area contributed by atoms with Crippen molar-refractivity contribution in [1.29, 1.82) is 0 Å². The van der Waals surface area contributed by atoms with Gasteiger partial charge in [0.15, 0.2) is 0 Å². The van der Waals surface area contributed by atoms with Gasteiger partial charge < -0.3 is 18.2 Å². The summed E-state index contributed by atoms with van der Waals surface area (Å²) < 4.78 is 17.0. The summed E-state index contributed by atoms with van der Waals surface area (Å²) in [6, 6.07) is 0. The second kappa shape index (κ2) is 7.68. The van der Waals surface area contributed by atoms with Gasteiger partial charge in [-0.25, -0.2) is 0 Å². The maximum atomic E-state index is 11.5. The average Bonchev–Trinajstić information content (AvgIpc) is 2.73. The molecule has 1 saturated heterocycles. The fraction of sp³-hybridized carbons (Fsp3) is 0.750. The molecular formula is C12H23NO4Si. The molecule has 0 saturated carbocycles. The molecule has 0 radical (unpaired) electrons. The maximum absolute atomic E-state index is 11.5. The lowest BCUT2D eigenvalue weighted by atomic mass is 10.4. The van der Waals surface area contributed by atoms with Crippen molar-refractivity contribution in [2.45, 2.75) is 33.6 Å². The highest BCUT2D eigenvalue weighted by atomic mass is 28.4. The molecule has 1 rings (SSSR count). The van der Waals surface area contributed by atoms with E-state index in [1.165, 1.54) is 0 Å². The van der Waals surface area contributed by atoms with E-state index < -0.39 is 8.80 Å². The minimum atomic E-state index is -2.77. The smallest absolute Gasteiger partial charge is 0.371 e. The minimum absolute atomic E-state index is 0.152. The number of carbonyl (C=O) groups excluding carboxylic acids is 1. The van der Waals surface area contributed by atoms with Crippen molar-refractivity contribution < 1.29 is 18.1 Å². The molecule has 0 aliphatic carbocycles. The van der Waals surface area contributed by atoms with Gasteiger partial charge in [0.1, 0.15) is 0 Å². The van der Waals surface area contributed by atoms with Gasteiger partial charge in [-0.1, -0.05) is 0 Å². The van der Waals surface area contributed by atoms with Crippen LogP contribution in [0.5, 0.6) is 0 Å². The second-order valence-corrected chi connectivity index (χ2v) is 6.32. The second-order valence-electron chi connectivity index (χ2n) is 3.91. The maximum Gasteiger partial charge on any atom is 0.531 e. The number of amides is 1. The van der Waals surface area contributed by atoms with Crippen LogP contribution in [-0.4, -0.2) is 46.0 Å². The van der Waals surface area contributed by atoms with Gasteiger partial charge in [0.2, 0.25) is 5.91 Å². The summed E-state index contributed by atoms with van der Waals surface area (Å²) >= 11 is 0. The summed E-state index contributed by atoms with van der Waals surface area (Å²) in [5.74, 6) is 0.152. The van der Waals surface area contributed by atoms with Crippen LogP contribution in [0.1, 0.15) is 33.6 Å². The van der Waals surface area contributed by atoms with E-state index in [9.17, 15) is 4.79 Å². The number of rotatable bonds is 8. The predicted molar refractivity (Wildman–Crippen MR) is 70.7 cm³/mol. The molecule has 104 valence electrons. The number of likely N-dealkylation sites (tertiary alicyclic amines) is 1. The first-order valence-corrected chi connectivity index (χ1v) is 8.38. The lowest BCUT2D eigenvalue weighted by Crippen LogP contribution is -2.45. The van der Waals surface area contributed by atoms with Gasteiger partial charge in [-0.05, 0) is 27.2 Å². The molecule has 6 heteroatoms. The molecular weight excluding hydrogens is 250 g/mol. The van der Waals surface area contributed by atoms with Crippen LogP contribution in [0.25, 0.3) is 0 Å². The normalized spacial score (nSPS) is 17.1. The van der Waals surface area contributed by atoms with Crippen LogP contribution in [0.15, 0.2) is 11.9 Å². The monoisotopic (exact) mass is 273 g/mol. The number of hydrogen-bond donors (Lipinski definition) is 0. The van der Waals surface area contributed by atoms with Crippen LogP contribution in [0.4, 0.5) is 0 Å². The molecule has 1 amide bonds. The van der Waals surface area contributed by atoms with Crippen molar-refractivity contribution in [3.8, 4) is 0 Å². The minimum Gasteiger partial charge on any atom is -0.371 e. The standard InChI is InChI=1S/C12H23NO4Si/c1-4-15-18(16-5-2,17-6-3)11-10-13-9-7-8-12(13)14/h10-11H,4-9H2,1-3H3/b11-10+. The third-order valence-electron chi connectivity index (χ3n) is 2.61. The molecule has 1 fully saturated rings. The van der Waals surface area contributed by atoms with Crippen molar-refractivity contribution in [3.05, 3.63) is 11.9 Å². The molecule has 0 N–H and O–H groups in total. The van der Waals surface area contributed by atoms with E-state index in [0.717, 1.165) is 13.0 Å². The molecule has 0 aromatic rings. The van der Waals surface area contributed by atoms with Crippen LogP contribution in [-0.2, 0) is 18.1 Å². The number of carbonyl (C=O) groups is 1. The zero-order valence-corrected chi connectivity index (χ0v) is 12.5. The zero-order chi connectivity index (χ0) is 13.4. The van der Waals surface area contributed by atoms with Crippen molar-refractivity contribution in [3.63, 3.8) is 0 Å². The highest BCUT2D eigenvalue weighted by Gasteiger charge is 2.38. The molecule has 1 heterocycles. The van der Waals surface area contributed by atoms with Gasteiger partial charge in [0.05, 0.1) is 0 Å². The van der Waals surface area contributed by atoms with E-state index in [1.807, 2.05) is 26.5 Å². The van der Waals surface area contributed by atoms with E-state index in [2.05, 4.69) is 0 Å². The molecule has 1 aliphatic heterocycles. The molecule has 1 aliphatic rings. The Bertz CT molecular complexity index is 279. The molecule has 0 aromatic heterocycles. The molecule has 0 atom stereocenters. The van der Waals surface area contributed by atoms with E-state index in [0.29, 0.717) is 26.2 Å². The first-order chi connectivity index (χ1) is 8.67. The van der Waals surface area contributed by atoms with Crippen LogP contribution in [0, 0.1) is 0 Å². The fourth-order valence-electron chi connectivity index (χ4n) is 1.88. The van der Waals surface area contributed by atoms with E-state index >= 15 is 0 Å². The summed E-state index contributed by atoms with van der Waals surface area (Å²) in [5, 5.41) is 0. The van der Waals surface area contributed by atoms with Crippen molar-refractivity contribution >= 4 is 14.7 Å². The number of nitrogens with zero attached hydrogens (tertiary/aromatic N) is 1. The Balaban J connectivity index is 2.74. The average molecular weight is 273 g/mol. The van der Waals surface area contributed by atoms with Crippen molar-refractivity contribution in [2.75, 3.05) is 26.4 Å². The van der Waals surface area contributed by atoms with Crippen LogP contribution >= 0.6 is 0 Å². The highest BCUT2D eigenvalue weighted by molar-refractivity contribution is 6.66. The van der Waals surface area contributed by atoms with Crippen molar-refractivity contribution in [2.24, 2.45) is 0 Å². The Morgan fingerprint density at radius 2 is 1.72 bits per heavy atom. The highest BCUT2D eigenvalue weighted by Crippen LogP contribution is 2.15. The van der Waals surface area contributed by atoms with Crippen molar-refractivity contribution in [1.82, 2.24) is 4.90 Å². The Kier molecular flexibility index (Phi) is 6.55. The summed E-state index contributed by atoms with van der Waals surface area (Å²) in [6.07, 6.45) is 3.30. The summed E-state index contributed by atoms with van der Waals surface area (Å²) in [6.45, 7) is 8.10. The summed E-state index contributed by atoms with van der Waals surface area (Å²) in [7, 11) is -2.77. The summed E-state index contributed by atoms with van der Waals surface area (Å²) in [4.78, 5) is 13.2. The van der Waals surface area contributed by atoms with Crippen LogP contribution in [0.3, 0.4) is 0 Å². The molecule has 5 nitrogen and oxygen atoms in total. The van der Waals surface area contributed by atoms with Gasteiger partial charge in [-0.2, -0.15) is 0 Å².